The number of unbranched alkanes of at least 4 members (excludes halogenated alkanes) is 5. The number of pyridine rings is 1. The molecule has 0 radical (unpaired) electrons. The zero-order valence-electron chi connectivity index (χ0n) is 13.5. The van der Waals surface area contributed by atoms with E-state index in [2.05, 4.69) is 11.9 Å². The molecule has 0 amide bonds. The van der Waals surface area contributed by atoms with Gasteiger partial charge < -0.3 is 9.47 Å². The summed E-state index contributed by atoms with van der Waals surface area (Å²) in [6.07, 6.45) is 9.18. The summed E-state index contributed by atoms with van der Waals surface area (Å²) in [7, 11) is 0. The first-order valence-electron chi connectivity index (χ1n) is 7.85. The molecule has 0 saturated carbocycles. The third-order valence-corrected chi connectivity index (χ3v) is 3.43. The van der Waals surface area contributed by atoms with Crippen molar-refractivity contribution in [3.05, 3.63) is 23.5 Å². The number of carbonyl (C=O) groups is 1. The summed E-state index contributed by atoms with van der Waals surface area (Å²) < 4.78 is 10.8. The van der Waals surface area contributed by atoms with Crippen molar-refractivity contribution in [1.82, 2.24) is 4.98 Å². The zero-order valence-corrected chi connectivity index (χ0v) is 13.5. The monoisotopic (exact) mass is 293 g/mol. The minimum Gasteiger partial charge on any atom is -0.493 e. The van der Waals surface area contributed by atoms with Crippen molar-refractivity contribution in [2.24, 2.45) is 0 Å². The first-order chi connectivity index (χ1) is 10.1. The molecule has 0 spiro atoms. The van der Waals surface area contributed by atoms with Crippen LogP contribution in [0.3, 0.4) is 0 Å². The number of hydrogen-bond acceptors (Lipinski definition) is 4. The largest absolute Gasteiger partial charge is 0.493 e. The average Bonchev–Trinajstić information content (AvgIpc) is 2.46. The average molecular weight is 293 g/mol. The zero-order chi connectivity index (χ0) is 15.5. The Morgan fingerprint density at radius 2 is 1.90 bits per heavy atom. The Kier molecular flexibility index (Phi) is 8.48. The van der Waals surface area contributed by atoms with E-state index in [1.165, 1.54) is 39.0 Å². The molecule has 21 heavy (non-hydrogen) atoms. The molecule has 0 aromatic carbocycles. The van der Waals surface area contributed by atoms with E-state index in [-0.39, 0.29) is 12.6 Å². The Morgan fingerprint density at radius 3 is 2.62 bits per heavy atom. The molecule has 4 heteroatoms. The lowest BCUT2D eigenvalue weighted by atomic mass is 10.1. The van der Waals surface area contributed by atoms with E-state index >= 15 is 0 Å². The standard InChI is InChI=1S/C17H27NO3/c1-4-5-6-7-8-9-12-20-17-10-11-18-16(14(17)2)13-21-15(3)19/h10-11H,4-9,12-13H2,1-3H3. The predicted molar refractivity (Wildman–Crippen MR) is 83.3 cm³/mol. The van der Waals surface area contributed by atoms with Crippen LogP contribution in [0.1, 0.15) is 63.6 Å². The van der Waals surface area contributed by atoms with Crippen LogP contribution < -0.4 is 4.74 Å². The molecule has 1 heterocycles. The van der Waals surface area contributed by atoms with Gasteiger partial charge in [-0.25, -0.2) is 0 Å². The summed E-state index contributed by atoms with van der Waals surface area (Å²) in [5.41, 5.74) is 1.70. The van der Waals surface area contributed by atoms with Crippen molar-refractivity contribution in [2.75, 3.05) is 6.61 Å². The van der Waals surface area contributed by atoms with E-state index in [1.807, 2.05) is 13.0 Å². The smallest absolute Gasteiger partial charge is 0.303 e. The third kappa shape index (κ3) is 7.11. The molecule has 1 aromatic heterocycles. The van der Waals surface area contributed by atoms with Gasteiger partial charge in [-0.3, -0.25) is 9.78 Å². The number of aromatic nitrogens is 1. The van der Waals surface area contributed by atoms with Gasteiger partial charge in [0, 0.05) is 18.7 Å². The first kappa shape index (κ1) is 17.5. The van der Waals surface area contributed by atoms with Gasteiger partial charge in [-0.05, 0) is 19.4 Å². The molecule has 0 fully saturated rings. The highest BCUT2D eigenvalue weighted by Crippen LogP contribution is 2.20. The molecule has 0 N–H and O–H groups in total. The third-order valence-electron chi connectivity index (χ3n) is 3.43. The Hall–Kier alpha value is -1.58. The predicted octanol–water partition coefficient (Wildman–Crippen LogP) is 4.19. The van der Waals surface area contributed by atoms with Gasteiger partial charge in [-0.1, -0.05) is 39.0 Å². The molecule has 0 atom stereocenters. The van der Waals surface area contributed by atoms with E-state index in [0.717, 1.165) is 30.0 Å². The first-order valence-corrected chi connectivity index (χ1v) is 7.85. The number of carbonyl (C=O) groups excluding carboxylic acids is 1. The van der Waals surface area contributed by atoms with Crippen LogP contribution >= 0.6 is 0 Å². The van der Waals surface area contributed by atoms with Crippen LogP contribution in [-0.2, 0) is 16.1 Å². The summed E-state index contributed by atoms with van der Waals surface area (Å²) in [6.45, 7) is 6.50. The second-order valence-electron chi connectivity index (χ2n) is 5.28. The Morgan fingerprint density at radius 1 is 1.19 bits per heavy atom. The molecular weight excluding hydrogens is 266 g/mol. The van der Waals surface area contributed by atoms with E-state index in [0.29, 0.717) is 0 Å². The van der Waals surface area contributed by atoms with Crippen molar-refractivity contribution in [2.45, 2.75) is 65.9 Å². The van der Waals surface area contributed by atoms with Gasteiger partial charge >= 0.3 is 5.97 Å². The molecule has 1 rings (SSSR count). The highest BCUT2D eigenvalue weighted by atomic mass is 16.5. The van der Waals surface area contributed by atoms with Crippen molar-refractivity contribution in [3.63, 3.8) is 0 Å². The Bertz CT molecular complexity index is 432. The molecule has 0 saturated heterocycles. The summed E-state index contributed by atoms with van der Waals surface area (Å²) in [5, 5.41) is 0. The lowest BCUT2D eigenvalue weighted by molar-refractivity contribution is -0.142. The maximum atomic E-state index is 10.9. The van der Waals surface area contributed by atoms with E-state index < -0.39 is 0 Å². The fourth-order valence-electron chi connectivity index (χ4n) is 2.10. The fourth-order valence-corrected chi connectivity index (χ4v) is 2.10. The van der Waals surface area contributed by atoms with Crippen molar-refractivity contribution in [1.29, 1.82) is 0 Å². The molecule has 0 aliphatic rings. The quantitative estimate of drug-likeness (QED) is 0.479. The molecule has 1 aromatic rings. The van der Waals surface area contributed by atoms with E-state index in [1.54, 1.807) is 6.20 Å². The van der Waals surface area contributed by atoms with Crippen LogP contribution in [0.2, 0.25) is 0 Å². The second-order valence-corrected chi connectivity index (χ2v) is 5.28. The van der Waals surface area contributed by atoms with Gasteiger partial charge in [0.15, 0.2) is 0 Å². The van der Waals surface area contributed by atoms with Gasteiger partial charge in [0.2, 0.25) is 0 Å². The number of nitrogens with zero attached hydrogens (tertiary/aromatic N) is 1. The SMILES string of the molecule is CCCCCCCCOc1ccnc(COC(C)=O)c1C. The summed E-state index contributed by atoms with van der Waals surface area (Å²) in [6, 6.07) is 1.86. The highest BCUT2D eigenvalue weighted by molar-refractivity contribution is 5.65. The summed E-state index contributed by atoms with van der Waals surface area (Å²) in [4.78, 5) is 15.1. The van der Waals surface area contributed by atoms with Gasteiger partial charge in [0.1, 0.15) is 12.4 Å². The minimum atomic E-state index is -0.297. The molecule has 0 aliphatic heterocycles. The summed E-state index contributed by atoms with van der Waals surface area (Å²) in [5.74, 6) is 0.537. The molecule has 0 unspecified atom stereocenters. The normalized spacial score (nSPS) is 10.4. The molecule has 0 aliphatic carbocycles. The number of hydrogen-bond donors (Lipinski definition) is 0. The minimum absolute atomic E-state index is 0.204. The van der Waals surface area contributed by atoms with E-state index in [9.17, 15) is 4.79 Å². The van der Waals surface area contributed by atoms with Crippen LogP contribution in [0, 0.1) is 6.92 Å². The van der Waals surface area contributed by atoms with Crippen LogP contribution in [0.5, 0.6) is 5.75 Å². The Balaban J connectivity index is 2.34. The van der Waals surface area contributed by atoms with Crippen molar-refractivity contribution in [3.8, 4) is 5.75 Å². The number of rotatable bonds is 10. The van der Waals surface area contributed by atoms with Gasteiger partial charge in [0.05, 0.1) is 12.3 Å². The second kappa shape index (κ2) is 10.2. The topological polar surface area (TPSA) is 48.4 Å². The number of esters is 1. The maximum absolute atomic E-state index is 10.9. The van der Waals surface area contributed by atoms with Crippen LogP contribution in [0.25, 0.3) is 0 Å². The molecule has 4 nitrogen and oxygen atoms in total. The molecule has 118 valence electrons. The maximum Gasteiger partial charge on any atom is 0.303 e. The summed E-state index contributed by atoms with van der Waals surface area (Å²) >= 11 is 0. The molecular formula is C17H27NO3. The van der Waals surface area contributed by atoms with Gasteiger partial charge in [-0.15, -0.1) is 0 Å². The number of ether oxygens (including phenoxy) is 2. The van der Waals surface area contributed by atoms with Crippen LogP contribution in [0.15, 0.2) is 12.3 Å². The van der Waals surface area contributed by atoms with Gasteiger partial charge in [-0.2, -0.15) is 0 Å². The lowest BCUT2D eigenvalue weighted by Gasteiger charge is -2.12. The van der Waals surface area contributed by atoms with Crippen LogP contribution in [-0.4, -0.2) is 17.6 Å². The Labute approximate surface area is 127 Å². The van der Waals surface area contributed by atoms with Crippen molar-refractivity contribution >= 4 is 5.97 Å². The lowest BCUT2D eigenvalue weighted by Crippen LogP contribution is -2.05. The highest BCUT2D eigenvalue weighted by Gasteiger charge is 2.07. The molecule has 0 bridgehead atoms. The van der Waals surface area contributed by atoms with Gasteiger partial charge in [0.25, 0.3) is 0 Å². The fraction of sp³-hybridized carbons (Fsp3) is 0.647. The van der Waals surface area contributed by atoms with Crippen molar-refractivity contribution < 1.29 is 14.3 Å². The van der Waals surface area contributed by atoms with E-state index in [4.69, 9.17) is 9.47 Å². The van der Waals surface area contributed by atoms with Crippen LogP contribution in [0.4, 0.5) is 0 Å².